The Morgan fingerprint density at radius 1 is 1.00 bits per heavy atom. The van der Waals surface area contributed by atoms with Crippen LogP contribution in [0.25, 0.3) is 11.3 Å². The fraction of sp³-hybridized carbons (Fsp3) is 0.0833. The second-order valence-corrected chi connectivity index (χ2v) is 8.19. The Morgan fingerprint density at radius 3 is 2.50 bits per heavy atom. The van der Waals surface area contributed by atoms with Crippen LogP contribution in [0.5, 0.6) is 0 Å². The Labute approximate surface area is 187 Å². The number of hydrogen-bond acceptors (Lipinski definition) is 6. The van der Waals surface area contributed by atoms with E-state index in [9.17, 15) is 14.5 Å². The maximum absolute atomic E-state index is 13.5. The highest BCUT2D eigenvalue weighted by Crippen LogP contribution is 2.39. The van der Waals surface area contributed by atoms with Crippen LogP contribution in [-0.4, -0.2) is 15.6 Å². The summed E-state index contributed by atoms with van der Waals surface area (Å²) in [6.07, 6.45) is 0.521. The molecule has 1 aliphatic rings. The molecule has 1 aromatic heterocycles. The van der Waals surface area contributed by atoms with E-state index in [2.05, 4.69) is 0 Å². The molecule has 4 aromatic rings. The lowest BCUT2D eigenvalue weighted by Gasteiger charge is -2.21. The molecule has 3 aromatic carbocycles. The molecule has 2 heterocycles. The standard InChI is InChI=1S/C24H17FN4O2S/c25-19-11-9-17(10-12-19)23-14-21(18-7-4-8-20(13-18)29(30)31)27-28(23)24-26-22(15-32-24)16-5-2-1-3-6-16/h1-13,15,23H,14H2. The molecule has 0 radical (unpaired) electrons. The summed E-state index contributed by atoms with van der Waals surface area (Å²) in [5.41, 5.74) is 4.18. The number of halogens is 1. The van der Waals surface area contributed by atoms with Crippen LogP contribution in [0.15, 0.2) is 89.3 Å². The van der Waals surface area contributed by atoms with E-state index >= 15 is 0 Å². The molecule has 8 heteroatoms. The Hall–Kier alpha value is -3.91. The third-order valence-corrected chi connectivity index (χ3v) is 6.14. The molecule has 0 N–H and O–H groups in total. The molecular formula is C24H17FN4O2S. The maximum atomic E-state index is 13.5. The number of nitrogens with zero attached hydrogens (tertiary/aromatic N) is 4. The Balaban J connectivity index is 1.55. The second-order valence-electron chi connectivity index (χ2n) is 7.35. The smallest absolute Gasteiger partial charge is 0.258 e. The lowest BCUT2D eigenvalue weighted by Crippen LogP contribution is -2.18. The molecule has 32 heavy (non-hydrogen) atoms. The predicted octanol–water partition coefficient (Wildman–Crippen LogP) is 6.21. The van der Waals surface area contributed by atoms with E-state index < -0.39 is 4.92 Å². The molecule has 0 amide bonds. The van der Waals surface area contributed by atoms with Crippen molar-refractivity contribution in [2.24, 2.45) is 5.10 Å². The minimum atomic E-state index is -0.415. The molecule has 0 aliphatic carbocycles. The Kier molecular flexibility index (Phi) is 5.20. The molecule has 1 aliphatic heterocycles. The number of rotatable bonds is 5. The zero-order valence-corrected chi connectivity index (χ0v) is 17.6. The average molecular weight is 444 g/mol. The lowest BCUT2D eigenvalue weighted by molar-refractivity contribution is -0.384. The van der Waals surface area contributed by atoms with Crippen LogP contribution in [-0.2, 0) is 0 Å². The van der Waals surface area contributed by atoms with Gasteiger partial charge in [0.2, 0.25) is 5.13 Å². The fourth-order valence-electron chi connectivity index (χ4n) is 3.72. The summed E-state index contributed by atoms with van der Waals surface area (Å²) in [5, 5.41) is 20.5. The largest absolute Gasteiger partial charge is 0.270 e. The van der Waals surface area contributed by atoms with Crippen molar-refractivity contribution >= 4 is 27.9 Å². The summed E-state index contributed by atoms with van der Waals surface area (Å²) in [7, 11) is 0. The zero-order chi connectivity index (χ0) is 22.1. The first-order valence-electron chi connectivity index (χ1n) is 9.96. The number of nitro benzene ring substituents is 1. The number of benzene rings is 3. The van der Waals surface area contributed by atoms with E-state index in [0.29, 0.717) is 17.1 Å². The number of hydrogen-bond donors (Lipinski definition) is 0. The van der Waals surface area contributed by atoms with Gasteiger partial charge < -0.3 is 0 Å². The van der Waals surface area contributed by atoms with Crippen molar-refractivity contribution in [3.8, 4) is 11.3 Å². The Bertz CT molecular complexity index is 1310. The van der Waals surface area contributed by atoms with Crippen molar-refractivity contribution in [3.63, 3.8) is 0 Å². The maximum Gasteiger partial charge on any atom is 0.270 e. The van der Waals surface area contributed by atoms with Gasteiger partial charge in [-0.25, -0.2) is 14.4 Å². The summed E-state index contributed by atoms with van der Waals surface area (Å²) in [6.45, 7) is 0. The molecular weight excluding hydrogens is 427 g/mol. The summed E-state index contributed by atoms with van der Waals surface area (Å²) < 4.78 is 13.5. The summed E-state index contributed by atoms with van der Waals surface area (Å²) in [6, 6.07) is 22.5. The van der Waals surface area contributed by atoms with Crippen LogP contribution in [0.4, 0.5) is 15.2 Å². The van der Waals surface area contributed by atoms with Gasteiger partial charge in [-0.15, -0.1) is 11.3 Å². The van der Waals surface area contributed by atoms with Crippen LogP contribution < -0.4 is 5.01 Å². The first kappa shape index (κ1) is 20.0. The number of anilines is 1. The lowest BCUT2D eigenvalue weighted by atomic mass is 9.98. The number of thiazole rings is 1. The van der Waals surface area contributed by atoms with Gasteiger partial charge in [0.1, 0.15) is 5.82 Å². The van der Waals surface area contributed by atoms with E-state index in [-0.39, 0.29) is 17.5 Å². The monoisotopic (exact) mass is 444 g/mol. The molecule has 5 rings (SSSR count). The number of hydrazone groups is 1. The summed E-state index contributed by atoms with van der Waals surface area (Å²) >= 11 is 1.47. The van der Waals surface area contributed by atoms with Gasteiger partial charge in [-0.05, 0) is 17.7 Å². The summed E-state index contributed by atoms with van der Waals surface area (Å²) in [4.78, 5) is 15.6. The highest BCUT2D eigenvalue weighted by atomic mass is 32.1. The summed E-state index contributed by atoms with van der Waals surface area (Å²) in [5.74, 6) is -0.307. The van der Waals surface area contributed by atoms with Crippen LogP contribution >= 0.6 is 11.3 Å². The fourth-order valence-corrected chi connectivity index (χ4v) is 4.55. The van der Waals surface area contributed by atoms with Crippen molar-refractivity contribution < 1.29 is 9.31 Å². The molecule has 158 valence electrons. The van der Waals surface area contributed by atoms with Crippen LogP contribution in [0, 0.1) is 15.9 Å². The van der Waals surface area contributed by atoms with Gasteiger partial charge in [-0.1, -0.05) is 54.6 Å². The first-order valence-corrected chi connectivity index (χ1v) is 10.8. The van der Waals surface area contributed by atoms with Gasteiger partial charge in [-0.2, -0.15) is 5.10 Å². The molecule has 0 saturated heterocycles. The van der Waals surface area contributed by atoms with Gasteiger partial charge in [-0.3, -0.25) is 10.1 Å². The van der Waals surface area contributed by atoms with Crippen molar-refractivity contribution in [2.75, 3.05) is 5.01 Å². The molecule has 1 atom stereocenters. The number of aromatic nitrogens is 1. The van der Waals surface area contributed by atoms with Gasteiger partial charge in [0.05, 0.1) is 22.4 Å². The molecule has 0 spiro atoms. The van der Waals surface area contributed by atoms with E-state index in [1.807, 2.05) is 46.8 Å². The third-order valence-electron chi connectivity index (χ3n) is 5.31. The second kappa shape index (κ2) is 8.32. The van der Waals surface area contributed by atoms with Gasteiger partial charge >= 0.3 is 0 Å². The van der Waals surface area contributed by atoms with E-state index in [1.54, 1.807) is 18.2 Å². The van der Waals surface area contributed by atoms with Crippen molar-refractivity contribution in [1.82, 2.24) is 4.98 Å². The van der Waals surface area contributed by atoms with E-state index in [1.165, 1.54) is 35.6 Å². The van der Waals surface area contributed by atoms with Crippen molar-refractivity contribution in [3.05, 3.63) is 111 Å². The average Bonchev–Trinajstić information content (AvgIpc) is 3.48. The quantitative estimate of drug-likeness (QED) is 0.271. The van der Waals surface area contributed by atoms with Crippen molar-refractivity contribution in [2.45, 2.75) is 12.5 Å². The zero-order valence-electron chi connectivity index (χ0n) is 16.8. The normalized spacial score (nSPS) is 15.6. The van der Waals surface area contributed by atoms with Gasteiger partial charge in [0.25, 0.3) is 5.69 Å². The molecule has 0 saturated carbocycles. The Morgan fingerprint density at radius 2 is 1.75 bits per heavy atom. The first-order chi connectivity index (χ1) is 15.6. The minimum Gasteiger partial charge on any atom is -0.258 e. The van der Waals surface area contributed by atoms with Gasteiger partial charge in [0, 0.05) is 35.1 Å². The molecule has 0 bridgehead atoms. The predicted molar refractivity (Wildman–Crippen MR) is 123 cm³/mol. The van der Waals surface area contributed by atoms with E-state index in [4.69, 9.17) is 10.1 Å². The molecule has 0 fully saturated rings. The number of non-ortho nitro benzene ring substituents is 1. The van der Waals surface area contributed by atoms with Gasteiger partial charge in [0.15, 0.2) is 0 Å². The highest BCUT2D eigenvalue weighted by molar-refractivity contribution is 7.14. The minimum absolute atomic E-state index is 0.0163. The van der Waals surface area contributed by atoms with Crippen LogP contribution in [0.1, 0.15) is 23.6 Å². The number of nitro groups is 1. The highest BCUT2D eigenvalue weighted by Gasteiger charge is 2.32. The van der Waals surface area contributed by atoms with Crippen LogP contribution in [0.2, 0.25) is 0 Å². The molecule has 6 nitrogen and oxygen atoms in total. The third kappa shape index (κ3) is 3.88. The van der Waals surface area contributed by atoms with E-state index in [0.717, 1.165) is 22.5 Å². The van der Waals surface area contributed by atoms with Crippen molar-refractivity contribution in [1.29, 1.82) is 0 Å². The van der Waals surface area contributed by atoms with Crippen LogP contribution in [0.3, 0.4) is 0 Å². The topological polar surface area (TPSA) is 71.6 Å². The SMILES string of the molecule is O=[N+]([O-])c1cccc(C2=NN(c3nc(-c4ccccc4)cs3)C(c3ccc(F)cc3)C2)c1. The molecule has 1 unspecified atom stereocenters.